The second kappa shape index (κ2) is 6.69. The van der Waals surface area contributed by atoms with Crippen LogP contribution in [0.5, 0.6) is 0 Å². The summed E-state index contributed by atoms with van der Waals surface area (Å²) in [5.74, 6) is -0.249. The van der Waals surface area contributed by atoms with Crippen LogP contribution in [0, 0.1) is 0 Å². The Hall–Kier alpha value is -1.56. The van der Waals surface area contributed by atoms with E-state index in [9.17, 15) is 18.0 Å². The minimum atomic E-state index is -4.42. The molecule has 1 aliphatic carbocycles. The van der Waals surface area contributed by atoms with Gasteiger partial charge in [-0.05, 0) is 30.9 Å². The van der Waals surface area contributed by atoms with Gasteiger partial charge in [0.15, 0.2) is 0 Å². The molecule has 1 aromatic rings. The van der Waals surface area contributed by atoms with Crippen molar-refractivity contribution in [3.05, 3.63) is 35.4 Å². The Morgan fingerprint density at radius 1 is 1.36 bits per heavy atom. The number of carbonyl (C=O) groups is 1. The summed E-state index contributed by atoms with van der Waals surface area (Å²) in [6.45, 7) is 1.89. The lowest BCUT2D eigenvalue weighted by Crippen LogP contribution is -2.44. The Labute approximate surface area is 128 Å². The Balaban J connectivity index is 2.21. The Bertz CT molecular complexity index is 526. The third-order valence-electron chi connectivity index (χ3n) is 3.85. The van der Waals surface area contributed by atoms with Crippen molar-refractivity contribution in [2.24, 2.45) is 5.73 Å². The van der Waals surface area contributed by atoms with Crippen LogP contribution in [0.3, 0.4) is 0 Å². The summed E-state index contributed by atoms with van der Waals surface area (Å²) in [6, 6.07) is 4.79. The number of rotatable bonds is 6. The van der Waals surface area contributed by atoms with E-state index < -0.39 is 17.8 Å². The molecule has 22 heavy (non-hydrogen) atoms. The molecule has 0 radical (unpaired) electrons. The van der Waals surface area contributed by atoms with Crippen LogP contribution in [0.15, 0.2) is 24.3 Å². The Morgan fingerprint density at radius 2 is 2.00 bits per heavy atom. The van der Waals surface area contributed by atoms with Crippen molar-refractivity contribution < 1.29 is 18.0 Å². The molecule has 1 aliphatic rings. The summed E-state index contributed by atoms with van der Waals surface area (Å²) in [7, 11) is 0. The first-order valence-electron chi connectivity index (χ1n) is 7.55. The van der Waals surface area contributed by atoms with E-state index in [-0.39, 0.29) is 24.1 Å². The second-order valence-electron chi connectivity index (χ2n) is 5.75. The maximum atomic E-state index is 13.1. The van der Waals surface area contributed by atoms with Gasteiger partial charge in [0.25, 0.3) is 0 Å². The largest absolute Gasteiger partial charge is 0.416 e. The third kappa shape index (κ3) is 4.00. The highest BCUT2D eigenvalue weighted by Crippen LogP contribution is 2.35. The molecule has 0 aromatic heterocycles. The van der Waals surface area contributed by atoms with Crippen molar-refractivity contribution in [3.63, 3.8) is 0 Å². The molecule has 0 saturated heterocycles. The molecule has 1 aromatic carbocycles. The smallest absolute Gasteiger partial charge is 0.334 e. The fourth-order valence-electron chi connectivity index (χ4n) is 2.54. The predicted octanol–water partition coefficient (Wildman–Crippen LogP) is 3.32. The molecule has 122 valence electrons. The molecule has 1 saturated carbocycles. The van der Waals surface area contributed by atoms with E-state index in [0.29, 0.717) is 6.42 Å². The molecular formula is C16H21F3N2O. The summed E-state index contributed by atoms with van der Waals surface area (Å²) in [6.07, 6.45) is -1.44. The number of nitrogens with two attached hydrogens (primary N) is 1. The summed E-state index contributed by atoms with van der Waals surface area (Å²) < 4.78 is 39.2. The fraction of sp³-hybridized carbons (Fsp3) is 0.562. The van der Waals surface area contributed by atoms with Gasteiger partial charge >= 0.3 is 6.18 Å². The SMILES string of the molecule is CCCC(N)C(=O)N(Cc1ccccc1C(F)(F)F)C1CC1. The van der Waals surface area contributed by atoms with Gasteiger partial charge in [0, 0.05) is 12.6 Å². The molecule has 0 bridgehead atoms. The summed E-state index contributed by atoms with van der Waals surface area (Å²) >= 11 is 0. The van der Waals surface area contributed by atoms with Gasteiger partial charge in [-0.1, -0.05) is 31.5 Å². The molecule has 1 fully saturated rings. The quantitative estimate of drug-likeness (QED) is 0.875. The lowest BCUT2D eigenvalue weighted by atomic mass is 10.1. The Morgan fingerprint density at radius 3 is 2.55 bits per heavy atom. The molecule has 2 rings (SSSR count). The van der Waals surface area contributed by atoms with Crippen molar-refractivity contribution in [1.82, 2.24) is 4.90 Å². The first-order valence-corrected chi connectivity index (χ1v) is 7.55. The number of amides is 1. The molecular weight excluding hydrogens is 293 g/mol. The third-order valence-corrected chi connectivity index (χ3v) is 3.85. The van der Waals surface area contributed by atoms with Crippen molar-refractivity contribution in [1.29, 1.82) is 0 Å². The maximum Gasteiger partial charge on any atom is 0.416 e. The number of benzene rings is 1. The van der Waals surface area contributed by atoms with Crippen LogP contribution in [0.4, 0.5) is 13.2 Å². The monoisotopic (exact) mass is 314 g/mol. The van der Waals surface area contributed by atoms with Crippen LogP contribution in [-0.2, 0) is 17.5 Å². The highest BCUT2D eigenvalue weighted by atomic mass is 19.4. The van der Waals surface area contributed by atoms with Gasteiger partial charge in [-0.25, -0.2) is 0 Å². The molecule has 6 heteroatoms. The van der Waals surface area contributed by atoms with Crippen LogP contribution < -0.4 is 5.73 Å². The van der Waals surface area contributed by atoms with Gasteiger partial charge in [-0.15, -0.1) is 0 Å². The number of nitrogens with zero attached hydrogens (tertiary/aromatic N) is 1. The van der Waals surface area contributed by atoms with E-state index in [1.165, 1.54) is 17.0 Å². The van der Waals surface area contributed by atoms with Gasteiger partial charge in [0.2, 0.25) is 5.91 Å². The minimum Gasteiger partial charge on any atom is -0.334 e. The topological polar surface area (TPSA) is 46.3 Å². The van der Waals surface area contributed by atoms with E-state index in [4.69, 9.17) is 5.73 Å². The van der Waals surface area contributed by atoms with Gasteiger partial charge in [-0.2, -0.15) is 13.2 Å². The van der Waals surface area contributed by atoms with Crippen LogP contribution in [0.1, 0.15) is 43.7 Å². The minimum absolute atomic E-state index is 0.0247. The lowest BCUT2D eigenvalue weighted by Gasteiger charge is -2.27. The van der Waals surface area contributed by atoms with Crippen LogP contribution in [0.2, 0.25) is 0 Å². The first kappa shape index (κ1) is 16.8. The van der Waals surface area contributed by atoms with E-state index in [1.807, 2.05) is 6.92 Å². The molecule has 0 aliphatic heterocycles. The summed E-state index contributed by atoms with van der Waals surface area (Å²) in [4.78, 5) is 13.9. The molecule has 1 atom stereocenters. The maximum absolute atomic E-state index is 13.1. The molecule has 3 nitrogen and oxygen atoms in total. The van der Waals surface area contributed by atoms with E-state index >= 15 is 0 Å². The molecule has 0 heterocycles. The zero-order valence-corrected chi connectivity index (χ0v) is 12.6. The molecule has 1 unspecified atom stereocenters. The lowest BCUT2D eigenvalue weighted by molar-refractivity contribution is -0.140. The van der Waals surface area contributed by atoms with E-state index in [2.05, 4.69) is 0 Å². The molecule has 1 amide bonds. The highest BCUT2D eigenvalue weighted by Gasteiger charge is 2.37. The molecule has 0 spiro atoms. The number of carbonyl (C=O) groups excluding carboxylic acids is 1. The highest BCUT2D eigenvalue weighted by molar-refractivity contribution is 5.82. The zero-order chi connectivity index (χ0) is 16.3. The van der Waals surface area contributed by atoms with Crippen LogP contribution >= 0.6 is 0 Å². The van der Waals surface area contributed by atoms with Crippen molar-refractivity contribution in [3.8, 4) is 0 Å². The number of alkyl halides is 3. The standard InChI is InChI=1S/C16H21F3N2O/c1-2-5-14(20)15(22)21(12-8-9-12)10-11-6-3-4-7-13(11)16(17,18)19/h3-4,6-7,12,14H,2,5,8-10,20H2,1H3. The van der Waals surface area contributed by atoms with Crippen molar-refractivity contribution >= 4 is 5.91 Å². The summed E-state index contributed by atoms with van der Waals surface area (Å²) in [5.41, 5.74) is 5.30. The average Bonchev–Trinajstić information content (AvgIpc) is 3.28. The van der Waals surface area contributed by atoms with Gasteiger partial charge in [0.1, 0.15) is 0 Å². The normalized spacial score (nSPS) is 16.4. The summed E-state index contributed by atoms with van der Waals surface area (Å²) in [5, 5.41) is 0. The Kier molecular flexibility index (Phi) is 5.11. The van der Waals surface area contributed by atoms with Crippen LogP contribution in [-0.4, -0.2) is 22.9 Å². The van der Waals surface area contributed by atoms with Crippen molar-refractivity contribution in [2.45, 2.75) is 57.4 Å². The average molecular weight is 314 g/mol. The second-order valence-corrected chi connectivity index (χ2v) is 5.75. The van der Waals surface area contributed by atoms with E-state index in [0.717, 1.165) is 25.3 Å². The fourth-order valence-corrected chi connectivity index (χ4v) is 2.54. The predicted molar refractivity (Wildman–Crippen MR) is 77.9 cm³/mol. The van der Waals surface area contributed by atoms with Gasteiger partial charge in [-0.3, -0.25) is 4.79 Å². The number of halogens is 3. The zero-order valence-electron chi connectivity index (χ0n) is 12.6. The van der Waals surface area contributed by atoms with Crippen molar-refractivity contribution in [2.75, 3.05) is 0 Å². The van der Waals surface area contributed by atoms with Gasteiger partial charge < -0.3 is 10.6 Å². The first-order chi connectivity index (χ1) is 10.3. The van der Waals surface area contributed by atoms with Crippen LogP contribution in [0.25, 0.3) is 0 Å². The molecule has 2 N–H and O–H groups in total. The number of hydrogen-bond acceptors (Lipinski definition) is 2. The van der Waals surface area contributed by atoms with E-state index in [1.54, 1.807) is 6.07 Å². The number of hydrogen-bond donors (Lipinski definition) is 1. The van der Waals surface area contributed by atoms with Gasteiger partial charge in [0.05, 0.1) is 11.6 Å².